The van der Waals surface area contributed by atoms with E-state index in [9.17, 15) is 13.2 Å². The van der Waals surface area contributed by atoms with Crippen LogP contribution >= 0.6 is 0 Å². The van der Waals surface area contributed by atoms with Gasteiger partial charge in [-0.05, 0) is 24.0 Å². The monoisotopic (exact) mass is 286 g/mol. The Bertz CT molecular complexity index is 423. The SMILES string of the molecule is NC(CC1CCCCCC1)c1cnccc1C(F)(F)F. The Labute approximate surface area is 117 Å². The zero-order chi connectivity index (χ0) is 14.6. The number of nitrogens with two attached hydrogens (primary N) is 1. The Morgan fingerprint density at radius 2 is 1.85 bits per heavy atom. The van der Waals surface area contributed by atoms with Gasteiger partial charge in [-0.25, -0.2) is 0 Å². The minimum Gasteiger partial charge on any atom is -0.324 e. The quantitative estimate of drug-likeness (QED) is 0.833. The summed E-state index contributed by atoms with van der Waals surface area (Å²) in [5, 5.41) is 0. The maximum atomic E-state index is 13.0. The number of nitrogens with zero attached hydrogens (tertiary/aromatic N) is 1. The highest BCUT2D eigenvalue weighted by molar-refractivity contribution is 5.29. The molecule has 1 aromatic heterocycles. The van der Waals surface area contributed by atoms with Crippen LogP contribution in [0.25, 0.3) is 0 Å². The van der Waals surface area contributed by atoms with Gasteiger partial charge in [0.15, 0.2) is 0 Å². The van der Waals surface area contributed by atoms with Crippen molar-refractivity contribution in [2.24, 2.45) is 11.7 Å². The fraction of sp³-hybridized carbons (Fsp3) is 0.667. The molecule has 1 aliphatic rings. The van der Waals surface area contributed by atoms with Crippen molar-refractivity contribution >= 4 is 0 Å². The highest BCUT2D eigenvalue weighted by Crippen LogP contribution is 2.36. The molecule has 1 aliphatic carbocycles. The molecule has 1 aromatic rings. The predicted molar refractivity (Wildman–Crippen MR) is 72.0 cm³/mol. The van der Waals surface area contributed by atoms with Gasteiger partial charge in [0, 0.05) is 18.4 Å². The molecule has 1 fully saturated rings. The lowest BCUT2D eigenvalue weighted by atomic mass is 9.89. The third-order valence-electron chi connectivity index (χ3n) is 4.12. The zero-order valence-electron chi connectivity index (χ0n) is 11.5. The maximum absolute atomic E-state index is 13.0. The van der Waals surface area contributed by atoms with Crippen LogP contribution in [-0.4, -0.2) is 4.98 Å². The van der Waals surface area contributed by atoms with E-state index in [0.717, 1.165) is 31.7 Å². The first-order chi connectivity index (χ1) is 9.48. The Kier molecular flexibility index (Phi) is 5.02. The molecule has 0 aromatic carbocycles. The van der Waals surface area contributed by atoms with E-state index >= 15 is 0 Å². The van der Waals surface area contributed by atoms with Crippen LogP contribution in [0.3, 0.4) is 0 Å². The van der Waals surface area contributed by atoms with Crippen LogP contribution in [0.5, 0.6) is 0 Å². The maximum Gasteiger partial charge on any atom is 0.416 e. The van der Waals surface area contributed by atoms with Crippen molar-refractivity contribution in [3.05, 3.63) is 29.6 Å². The summed E-state index contributed by atoms with van der Waals surface area (Å²) in [6.45, 7) is 0. The topological polar surface area (TPSA) is 38.9 Å². The van der Waals surface area contributed by atoms with E-state index in [1.807, 2.05) is 0 Å². The molecule has 0 radical (unpaired) electrons. The molecule has 2 nitrogen and oxygen atoms in total. The van der Waals surface area contributed by atoms with E-state index in [0.29, 0.717) is 12.3 Å². The molecule has 20 heavy (non-hydrogen) atoms. The Hall–Kier alpha value is -1.10. The van der Waals surface area contributed by atoms with Gasteiger partial charge < -0.3 is 5.73 Å². The number of rotatable bonds is 3. The van der Waals surface area contributed by atoms with Crippen molar-refractivity contribution < 1.29 is 13.2 Å². The fourth-order valence-corrected chi connectivity index (χ4v) is 3.05. The lowest BCUT2D eigenvalue weighted by Crippen LogP contribution is -2.20. The van der Waals surface area contributed by atoms with Crippen LogP contribution in [-0.2, 0) is 6.18 Å². The molecule has 0 amide bonds. The first-order valence-corrected chi connectivity index (χ1v) is 7.25. The summed E-state index contributed by atoms with van der Waals surface area (Å²) >= 11 is 0. The van der Waals surface area contributed by atoms with Crippen LogP contribution in [0.4, 0.5) is 13.2 Å². The molecule has 112 valence electrons. The highest BCUT2D eigenvalue weighted by Gasteiger charge is 2.35. The summed E-state index contributed by atoms with van der Waals surface area (Å²) in [5.74, 6) is 0.439. The van der Waals surface area contributed by atoms with E-state index in [4.69, 9.17) is 5.73 Å². The fourth-order valence-electron chi connectivity index (χ4n) is 3.05. The van der Waals surface area contributed by atoms with E-state index in [2.05, 4.69) is 4.98 Å². The molecule has 1 heterocycles. The second kappa shape index (κ2) is 6.57. The molecule has 2 rings (SSSR count). The average Bonchev–Trinajstić information content (AvgIpc) is 2.66. The number of halogens is 3. The Morgan fingerprint density at radius 1 is 1.20 bits per heavy atom. The highest BCUT2D eigenvalue weighted by atomic mass is 19.4. The van der Waals surface area contributed by atoms with Gasteiger partial charge in [0.05, 0.1) is 5.56 Å². The van der Waals surface area contributed by atoms with Gasteiger partial charge >= 0.3 is 6.18 Å². The van der Waals surface area contributed by atoms with Gasteiger partial charge in [-0.3, -0.25) is 4.98 Å². The van der Waals surface area contributed by atoms with Crippen molar-refractivity contribution in [1.82, 2.24) is 4.98 Å². The molecule has 1 atom stereocenters. The number of hydrogen-bond donors (Lipinski definition) is 1. The summed E-state index contributed by atoms with van der Waals surface area (Å²) in [5.41, 5.74) is 5.52. The van der Waals surface area contributed by atoms with Crippen molar-refractivity contribution in [3.63, 3.8) is 0 Å². The van der Waals surface area contributed by atoms with Gasteiger partial charge in [0.1, 0.15) is 0 Å². The van der Waals surface area contributed by atoms with Crippen LogP contribution in [0.1, 0.15) is 62.1 Å². The summed E-state index contributed by atoms with van der Waals surface area (Å²) < 4.78 is 38.9. The predicted octanol–water partition coefficient (Wildman–Crippen LogP) is 4.46. The molecule has 1 unspecified atom stereocenters. The first kappa shape index (κ1) is 15.3. The van der Waals surface area contributed by atoms with Gasteiger partial charge in [0.2, 0.25) is 0 Å². The standard InChI is InChI=1S/C15H21F3N2/c16-15(17,18)13-7-8-20-10-12(13)14(19)9-11-5-3-1-2-4-6-11/h7-8,10-11,14H,1-6,9,19H2. The minimum absolute atomic E-state index is 0.129. The Balaban J connectivity index is 2.10. The summed E-state index contributed by atoms with van der Waals surface area (Å²) in [6, 6.07) is 0.436. The summed E-state index contributed by atoms with van der Waals surface area (Å²) in [7, 11) is 0. The molecular weight excluding hydrogens is 265 g/mol. The molecule has 0 spiro atoms. The number of hydrogen-bond acceptors (Lipinski definition) is 2. The summed E-state index contributed by atoms with van der Waals surface area (Å²) in [6.07, 6.45) is 5.64. The molecule has 2 N–H and O–H groups in total. The second-order valence-electron chi connectivity index (χ2n) is 5.66. The van der Waals surface area contributed by atoms with Gasteiger partial charge in [-0.2, -0.15) is 13.2 Å². The first-order valence-electron chi connectivity index (χ1n) is 7.25. The van der Waals surface area contributed by atoms with Crippen molar-refractivity contribution in [2.45, 2.75) is 57.2 Å². The van der Waals surface area contributed by atoms with E-state index in [1.165, 1.54) is 25.2 Å². The van der Waals surface area contributed by atoms with E-state index in [1.54, 1.807) is 0 Å². The lowest BCUT2D eigenvalue weighted by Gasteiger charge is -2.22. The average molecular weight is 286 g/mol. The van der Waals surface area contributed by atoms with Crippen LogP contribution in [0, 0.1) is 5.92 Å². The second-order valence-corrected chi connectivity index (χ2v) is 5.66. The van der Waals surface area contributed by atoms with Crippen LogP contribution in [0.2, 0.25) is 0 Å². The molecule has 5 heteroatoms. The third kappa shape index (κ3) is 3.95. The van der Waals surface area contributed by atoms with Crippen LogP contribution in [0.15, 0.2) is 18.5 Å². The number of pyridine rings is 1. The van der Waals surface area contributed by atoms with E-state index < -0.39 is 17.8 Å². The van der Waals surface area contributed by atoms with Gasteiger partial charge in [0.25, 0.3) is 0 Å². The molecular formula is C15H21F3N2. The van der Waals surface area contributed by atoms with Crippen molar-refractivity contribution in [2.75, 3.05) is 0 Å². The van der Waals surface area contributed by atoms with Crippen LogP contribution < -0.4 is 5.73 Å². The van der Waals surface area contributed by atoms with Crippen molar-refractivity contribution in [1.29, 1.82) is 0 Å². The molecule has 0 bridgehead atoms. The van der Waals surface area contributed by atoms with Crippen molar-refractivity contribution in [3.8, 4) is 0 Å². The normalized spacial score (nSPS) is 19.6. The summed E-state index contributed by atoms with van der Waals surface area (Å²) in [4.78, 5) is 3.81. The minimum atomic E-state index is -4.36. The third-order valence-corrected chi connectivity index (χ3v) is 4.12. The zero-order valence-corrected chi connectivity index (χ0v) is 11.5. The number of alkyl halides is 3. The van der Waals surface area contributed by atoms with Gasteiger partial charge in [-0.1, -0.05) is 38.5 Å². The Morgan fingerprint density at radius 3 is 2.45 bits per heavy atom. The largest absolute Gasteiger partial charge is 0.416 e. The van der Waals surface area contributed by atoms with Gasteiger partial charge in [-0.15, -0.1) is 0 Å². The lowest BCUT2D eigenvalue weighted by molar-refractivity contribution is -0.138. The number of aromatic nitrogens is 1. The molecule has 0 aliphatic heterocycles. The smallest absolute Gasteiger partial charge is 0.324 e. The molecule has 1 saturated carbocycles. The van der Waals surface area contributed by atoms with E-state index in [-0.39, 0.29) is 5.56 Å². The molecule has 0 saturated heterocycles.